The Morgan fingerprint density at radius 3 is 2.41 bits per heavy atom. The first kappa shape index (κ1) is 22.8. The molecule has 0 spiro atoms. The molecule has 4 rings (SSSR count). The molecule has 2 N–H and O–H groups in total. The number of anilines is 5. The second-order valence-corrected chi connectivity index (χ2v) is 7.90. The second-order valence-electron chi connectivity index (χ2n) is 7.90. The smallest absolute Gasteiger partial charge is 0.330 e. The van der Waals surface area contributed by atoms with Crippen LogP contribution in [-0.4, -0.2) is 43.2 Å². The number of nitrogens with one attached hydrogen (secondary N) is 2. The molecule has 1 aromatic heterocycles. The largest absolute Gasteiger partial charge is 0.497 e. The van der Waals surface area contributed by atoms with Gasteiger partial charge in [-0.25, -0.2) is 9.78 Å². The second kappa shape index (κ2) is 9.26. The average Bonchev–Trinajstić information content (AvgIpc) is 2.82. The number of aromatic nitrogens is 2. The van der Waals surface area contributed by atoms with Gasteiger partial charge < -0.3 is 20.1 Å². The summed E-state index contributed by atoms with van der Waals surface area (Å²) < 4.78 is 10.7. The molecule has 0 atom stereocenters. The minimum Gasteiger partial charge on any atom is -0.497 e. The maximum absolute atomic E-state index is 13.2. The Morgan fingerprint density at radius 2 is 1.76 bits per heavy atom. The highest BCUT2D eigenvalue weighted by atomic mass is 16.5. The highest BCUT2D eigenvalue weighted by Crippen LogP contribution is 2.35. The number of aryl methyl sites for hydroxylation is 1. The predicted octanol–water partition coefficient (Wildman–Crippen LogP) is 4.08. The van der Waals surface area contributed by atoms with Crippen molar-refractivity contribution in [3.8, 4) is 11.5 Å². The van der Waals surface area contributed by atoms with Crippen LogP contribution in [0.25, 0.3) is 0 Å². The van der Waals surface area contributed by atoms with E-state index in [9.17, 15) is 9.59 Å². The lowest BCUT2D eigenvalue weighted by atomic mass is 10.2. The number of hydrogen-bond acceptors (Lipinski definition) is 7. The highest BCUT2D eigenvalue weighted by Gasteiger charge is 2.31. The van der Waals surface area contributed by atoms with E-state index in [1.54, 1.807) is 50.6 Å². The number of rotatable bonds is 6. The molecule has 10 heteroatoms. The number of benzene rings is 2. The Kier molecular flexibility index (Phi) is 6.22. The van der Waals surface area contributed by atoms with E-state index in [0.717, 1.165) is 11.1 Å². The first-order valence-corrected chi connectivity index (χ1v) is 10.6. The van der Waals surface area contributed by atoms with E-state index in [2.05, 4.69) is 20.6 Å². The third kappa shape index (κ3) is 4.56. The first-order chi connectivity index (χ1) is 16.3. The monoisotopic (exact) mass is 462 g/mol. The first-order valence-electron chi connectivity index (χ1n) is 10.6. The zero-order chi connectivity index (χ0) is 24.4. The molecule has 1 aliphatic heterocycles. The molecule has 10 nitrogen and oxygen atoms in total. The van der Waals surface area contributed by atoms with Gasteiger partial charge in [-0.2, -0.15) is 4.98 Å². The molecule has 0 saturated heterocycles. The van der Waals surface area contributed by atoms with Crippen LogP contribution in [0.3, 0.4) is 0 Å². The molecule has 0 bridgehead atoms. The predicted molar refractivity (Wildman–Crippen MR) is 130 cm³/mol. The van der Waals surface area contributed by atoms with Crippen molar-refractivity contribution in [2.75, 3.05) is 41.7 Å². The molecule has 0 fully saturated rings. The van der Waals surface area contributed by atoms with Gasteiger partial charge in [-0.15, -0.1) is 0 Å². The Morgan fingerprint density at radius 1 is 1.06 bits per heavy atom. The van der Waals surface area contributed by atoms with Crippen molar-refractivity contribution in [3.63, 3.8) is 0 Å². The fraction of sp³-hybridized carbons (Fsp3) is 0.250. The molecule has 2 heterocycles. The van der Waals surface area contributed by atoms with E-state index in [1.165, 1.54) is 11.8 Å². The molecule has 0 unspecified atom stereocenters. The van der Waals surface area contributed by atoms with Crippen molar-refractivity contribution in [2.24, 2.45) is 0 Å². The molecule has 3 amide bonds. The van der Waals surface area contributed by atoms with E-state index < -0.39 is 0 Å². The summed E-state index contributed by atoms with van der Waals surface area (Å²) in [6.07, 6.45) is 1.69. The summed E-state index contributed by atoms with van der Waals surface area (Å²) in [4.78, 5) is 36.9. The van der Waals surface area contributed by atoms with Gasteiger partial charge in [0.1, 0.15) is 17.3 Å². The van der Waals surface area contributed by atoms with E-state index in [4.69, 9.17) is 9.47 Å². The van der Waals surface area contributed by atoms with Gasteiger partial charge in [-0.05, 0) is 24.6 Å². The van der Waals surface area contributed by atoms with Gasteiger partial charge in [0.2, 0.25) is 11.9 Å². The topological polar surface area (TPSA) is 109 Å². The average molecular weight is 463 g/mol. The maximum Gasteiger partial charge on any atom is 0.330 e. The zero-order valence-electron chi connectivity index (χ0n) is 19.7. The van der Waals surface area contributed by atoms with Gasteiger partial charge in [0.05, 0.1) is 37.8 Å². The molecular formula is C24H26N6O4. The van der Waals surface area contributed by atoms with Gasteiger partial charge in [0, 0.05) is 43.9 Å². The summed E-state index contributed by atoms with van der Waals surface area (Å²) in [5.74, 6) is 1.80. The molecule has 0 aliphatic carbocycles. The normalized spacial score (nSPS) is 12.8. The lowest BCUT2D eigenvalue weighted by molar-refractivity contribution is -0.114. The maximum atomic E-state index is 13.2. The number of ether oxygens (including phenoxy) is 2. The molecule has 176 valence electrons. The summed E-state index contributed by atoms with van der Waals surface area (Å²) in [6.45, 7) is 3.69. The number of fused-ring (bicyclic) bond motifs is 1. The summed E-state index contributed by atoms with van der Waals surface area (Å²) >= 11 is 0. The van der Waals surface area contributed by atoms with Crippen molar-refractivity contribution in [1.82, 2.24) is 9.97 Å². The Bertz CT molecular complexity index is 1240. The third-order valence-corrected chi connectivity index (χ3v) is 5.39. The minimum atomic E-state index is -0.248. The van der Waals surface area contributed by atoms with E-state index in [0.29, 0.717) is 40.3 Å². The highest BCUT2D eigenvalue weighted by molar-refractivity contribution is 6.05. The lowest BCUT2D eigenvalue weighted by Crippen LogP contribution is -2.46. The van der Waals surface area contributed by atoms with Gasteiger partial charge in [-0.1, -0.05) is 6.07 Å². The Labute approximate surface area is 197 Å². The van der Waals surface area contributed by atoms with Crippen molar-refractivity contribution in [3.05, 3.63) is 53.7 Å². The van der Waals surface area contributed by atoms with Crippen LogP contribution in [0.5, 0.6) is 11.5 Å². The lowest BCUT2D eigenvalue weighted by Gasteiger charge is -2.34. The van der Waals surface area contributed by atoms with E-state index in [-0.39, 0.29) is 18.5 Å². The van der Waals surface area contributed by atoms with Crippen molar-refractivity contribution >= 4 is 40.8 Å². The Hall–Kier alpha value is -4.34. The molecule has 0 radical (unpaired) electrons. The van der Waals surface area contributed by atoms with Crippen LogP contribution in [0.1, 0.15) is 18.1 Å². The standard InChI is InChI=1S/C24H26N6O4/c1-14-6-7-20(26-15(2)31)21(8-14)27-23-25-12-16-13-30(24(32)29(3)22(16)28-23)17-9-18(33-4)11-19(10-17)34-5/h6-12H,13H2,1-5H3,(H,26,31)(H,25,27,28). The fourth-order valence-electron chi connectivity index (χ4n) is 3.70. The van der Waals surface area contributed by atoms with Gasteiger partial charge >= 0.3 is 6.03 Å². The van der Waals surface area contributed by atoms with Gasteiger partial charge in [0.15, 0.2) is 0 Å². The molecule has 3 aromatic rings. The minimum absolute atomic E-state index is 0.183. The van der Waals surface area contributed by atoms with Gasteiger partial charge in [-0.3, -0.25) is 14.6 Å². The summed E-state index contributed by atoms with van der Waals surface area (Å²) in [7, 11) is 4.79. The molecule has 0 saturated carbocycles. The fourth-order valence-corrected chi connectivity index (χ4v) is 3.70. The van der Waals surface area contributed by atoms with Crippen LogP contribution in [0.15, 0.2) is 42.6 Å². The number of carbonyl (C=O) groups is 2. The van der Waals surface area contributed by atoms with Crippen LogP contribution in [0.2, 0.25) is 0 Å². The number of nitrogens with zero attached hydrogens (tertiary/aromatic N) is 4. The molecule has 1 aliphatic rings. The van der Waals surface area contributed by atoms with Crippen LogP contribution < -0.4 is 29.9 Å². The number of urea groups is 1. The van der Waals surface area contributed by atoms with Crippen LogP contribution >= 0.6 is 0 Å². The quantitative estimate of drug-likeness (QED) is 0.568. The van der Waals surface area contributed by atoms with Crippen molar-refractivity contribution in [1.29, 1.82) is 0 Å². The molecular weight excluding hydrogens is 436 g/mol. The molecule has 34 heavy (non-hydrogen) atoms. The van der Waals surface area contributed by atoms with Crippen LogP contribution in [0.4, 0.5) is 33.6 Å². The number of amides is 3. The zero-order valence-corrected chi connectivity index (χ0v) is 19.7. The van der Waals surface area contributed by atoms with Crippen molar-refractivity contribution in [2.45, 2.75) is 20.4 Å². The SMILES string of the molecule is COc1cc(OC)cc(N2Cc3cnc(Nc4cc(C)ccc4NC(C)=O)nc3N(C)C2=O)c1. The molecule has 2 aromatic carbocycles. The summed E-state index contributed by atoms with van der Waals surface area (Å²) in [5, 5.41) is 5.95. The third-order valence-electron chi connectivity index (χ3n) is 5.39. The van der Waals surface area contributed by atoms with E-state index >= 15 is 0 Å². The summed E-state index contributed by atoms with van der Waals surface area (Å²) in [6, 6.07) is 10.7. The van der Waals surface area contributed by atoms with Gasteiger partial charge in [0.25, 0.3) is 0 Å². The van der Waals surface area contributed by atoms with E-state index in [1.807, 2.05) is 25.1 Å². The van der Waals surface area contributed by atoms with Crippen LogP contribution in [-0.2, 0) is 11.3 Å². The number of hydrogen-bond donors (Lipinski definition) is 2. The summed E-state index contributed by atoms with van der Waals surface area (Å²) in [5.41, 5.74) is 3.69. The number of carbonyl (C=O) groups excluding carboxylic acids is 2. The Balaban J connectivity index is 1.65. The van der Waals surface area contributed by atoms with Crippen molar-refractivity contribution < 1.29 is 19.1 Å². The number of methoxy groups -OCH3 is 2. The van der Waals surface area contributed by atoms with Crippen LogP contribution in [0, 0.1) is 6.92 Å².